The van der Waals surface area contributed by atoms with Gasteiger partial charge in [0.05, 0.1) is 18.7 Å². The van der Waals surface area contributed by atoms with Gasteiger partial charge in [-0.25, -0.2) is 4.79 Å². The van der Waals surface area contributed by atoms with E-state index in [2.05, 4.69) is 34.9 Å². The number of amides is 2. The van der Waals surface area contributed by atoms with Crippen LogP contribution in [0.5, 0.6) is 0 Å². The van der Waals surface area contributed by atoms with E-state index < -0.39 is 28.9 Å². The molecule has 7 heteroatoms. The first-order chi connectivity index (χ1) is 19.6. The number of esters is 1. The minimum Gasteiger partial charge on any atom is -0.463 e. The lowest BCUT2D eigenvalue weighted by Gasteiger charge is -2.40. The highest BCUT2D eigenvalue weighted by Crippen LogP contribution is 2.32. The molecule has 230 valence electrons. The van der Waals surface area contributed by atoms with Gasteiger partial charge >= 0.3 is 5.97 Å². The van der Waals surface area contributed by atoms with Gasteiger partial charge in [0.25, 0.3) is 0 Å². The summed E-state index contributed by atoms with van der Waals surface area (Å²) in [6, 6.07) is 16.6. The van der Waals surface area contributed by atoms with Crippen LogP contribution < -0.4 is 10.6 Å². The smallest absolute Gasteiger partial charge is 0.333 e. The second-order valence-electron chi connectivity index (χ2n) is 13.0. The van der Waals surface area contributed by atoms with E-state index in [4.69, 9.17) is 4.74 Å². The molecule has 0 aliphatic heterocycles. The number of likely N-dealkylation sites (N-methyl/N-ethyl adjacent to an activating group) is 2. The van der Waals surface area contributed by atoms with Crippen molar-refractivity contribution in [1.82, 2.24) is 15.5 Å². The molecule has 2 rings (SSSR count). The SMILES string of the molecule is CCOC(=O)/C(C)=C/[C@H](C(C)C)N(C)C(=O)[C@@H](NC(=O)[C@H](NC)C(C)(C)c1cccc(-c2ccccc2)c1)C(C)(C)C. The van der Waals surface area contributed by atoms with E-state index in [1.807, 2.05) is 78.8 Å². The van der Waals surface area contributed by atoms with E-state index in [1.54, 1.807) is 38.9 Å². The van der Waals surface area contributed by atoms with Crippen LogP contribution in [0.2, 0.25) is 0 Å². The Kier molecular flexibility index (Phi) is 12.1. The summed E-state index contributed by atoms with van der Waals surface area (Å²) in [4.78, 5) is 41.9. The number of benzene rings is 2. The molecule has 0 fully saturated rings. The predicted molar refractivity (Wildman–Crippen MR) is 171 cm³/mol. The lowest BCUT2D eigenvalue weighted by atomic mass is 9.76. The third-order valence-corrected chi connectivity index (χ3v) is 7.88. The van der Waals surface area contributed by atoms with Crippen molar-refractivity contribution in [3.05, 3.63) is 71.8 Å². The summed E-state index contributed by atoms with van der Waals surface area (Å²) < 4.78 is 5.14. The van der Waals surface area contributed by atoms with Gasteiger partial charge in [0.15, 0.2) is 0 Å². The van der Waals surface area contributed by atoms with E-state index in [1.165, 1.54) is 0 Å². The first kappa shape index (κ1) is 34.7. The summed E-state index contributed by atoms with van der Waals surface area (Å²) in [5.41, 5.74) is 2.47. The predicted octanol–water partition coefficient (Wildman–Crippen LogP) is 5.74. The fraction of sp³-hybridized carbons (Fsp3) is 0.514. The van der Waals surface area contributed by atoms with Crippen molar-refractivity contribution in [3.8, 4) is 11.1 Å². The van der Waals surface area contributed by atoms with Crippen molar-refractivity contribution >= 4 is 17.8 Å². The molecule has 0 aliphatic carbocycles. The number of ether oxygens (including phenoxy) is 1. The number of carbonyl (C=O) groups is 3. The molecule has 2 aromatic carbocycles. The molecule has 0 saturated carbocycles. The van der Waals surface area contributed by atoms with Crippen molar-refractivity contribution < 1.29 is 19.1 Å². The number of hydrogen-bond donors (Lipinski definition) is 2. The average Bonchev–Trinajstić information content (AvgIpc) is 2.93. The summed E-state index contributed by atoms with van der Waals surface area (Å²) in [7, 11) is 3.49. The van der Waals surface area contributed by atoms with E-state index >= 15 is 0 Å². The Morgan fingerprint density at radius 2 is 1.52 bits per heavy atom. The molecule has 42 heavy (non-hydrogen) atoms. The monoisotopic (exact) mass is 577 g/mol. The minimum atomic E-state index is -0.796. The van der Waals surface area contributed by atoms with Crippen LogP contribution in [-0.4, -0.2) is 61.5 Å². The van der Waals surface area contributed by atoms with Gasteiger partial charge < -0.3 is 20.3 Å². The maximum absolute atomic E-state index is 14.0. The van der Waals surface area contributed by atoms with Crippen molar-refractivity contribution in [2.75, 3.05) is 20.7 Å². The fourth-order valence-electron chi connectivity index (χ4n) is 5.26. The van der Waals surface area contributed by atoms with Crippen LogP contribution in [0, 0.1) is 11.3 Å². The Labute approximate surface area is 253 Å². The topological polar surface area (TPSA) is 87.7 Å². The molecule has 2 N–H and O–H groups in total. The number of rotatable bonds is 12. The molecule has 2 aromatic rings. The third kappa shape index (κ3) is 8.54. The largest absolute Gasteiger partial charge is 0.463 e. The first-order valence-corrected chi connectivity index (χ1v) is 14.8. The Morgan fingerprint density at radius 3 is 2.05 bits per heavy atom. The van der Waals surface area contributed by atoms with Crippen molar-refractivity contribution in [1.29, 1.82) is 0 Å². The molecule has 0 saturated heterocycles. The van der Waals surface area contributed by atoms with Crippen LogP contribution in [0.25, 0.3) is 11.1 Å². The van der Waals surface area contributed by atoms with E-state index in [9.17, 15) is 14.4 Å². The van der Waals surface area contributed by atoms with E-state index in [0.717, 1.165) is 16.7 Å². The van der Waals surface area contributed by atoms with Gasteiger partial charge in [-0.1, -0.05) is 109 Å². The molecule has 2 amide bonds. The van der Waals surface area contributed by atoms with E-state index in [0.29, 0.717) is 5.57 Å². The molecule has 0 unspecified atom stereocenters. The Hall–Kier alpha value is -3.45. The van der Waals surface area contributed by atoms with Gasteiger partial charge in [0.2, 0.25) is 11.8 Å². The highest BCUT2D eigenvalue weighted by molar-refractivity contribution is 5.92. The third-order valence-electron chi connectivity index (χ3n) is 7.88. The quantitative estimate of drug-likeness (QED) is 0.248. The normalized spacial score (nSPS) is 14.6. The van der Waals surface area contributed by atoms with Gasteiger partial charge in [-0.05, 0) is 48.9 Å². The zero-order chi connectivity index (χ0) is 31.8. The Morgan fingerprint density at radius 1 is 0.929 bits per heavy atom. The zero-order valence-electron chi connectivity index (χ0n) is 27.4. The highest BCUT2D eigenvalue weighted by Gasteiger charge is 2.41. The van der Waals surface area contributed by atoms with Gasteiger partial charge in [0, 0.05) is 18.0 Å². The van der Waals surface area contributed by atoms with Crippen LogP contribution in [-0.2, 0) is 24.5 Å². The molecule has 0 radical (unpaired) electrons. The number of hydrogen-bond acceptors (Lipinski definition) is 5. The molecule has 0 bridgehead atoms. The van der Waals surface area contributed by atoms with Gasteiger partial charge in [-0.2, -0.15) is 0 Å². The van der Waals surface area contributed by atoms with Crippen molar-refractivity contribution in [3.63, 3.8) is 0 Å². The Bertz CT molecular complexity index is 1240. The van der Waals surface area contributed by atoms with Crippen LogP contribution >= 0.6 is 0 Å². The molecule has 0 aliphatic rings. The minimum absolute atomic E-state index is 0.0283. The standard InChI is InChI=1S/C35H51N3O4/c1-12-42-33(41)24(4)21-28(23(2)3)38(11)32(40)30(34(5,6)7)37-31(39)29(36-10)35(8,9)27-20-16-19-26(22-27)25-17-14-13-15-18-25/h13-23,28-30,36H,12H2,1-11H3,(H,37,39)/b24-21+/t28-,29+,30-/m1/s1. The van der Waals surface area contributed by atoms with Crippen LogP contribution in [0.4, 0.5) is 0 Å². The summed E-state index contributed by atoms with van der Waals surface area (Å²) >= 11 is 0. The maximum Gasteiger partial charge on any atom is 0.333 e. The zero-order valence-corrected chi connectivity index (χ0v) is 27.4. The second kappa shape index (κ2) is 14.6. The van der Waals surface area contributed by atoms with Gasteiger partial charge in [0.1, 0.15) is 6.04 Å². The highest BCUT2D eigenvalue weighted by atomic mass is 16.5. The van der Waals surface area contributed by atoms with Gasteiger partial charge in [-0.15, -0.1) is 0 Å². The van der Waals surface area contributed by atoms with E-state index in [-0.39, 0.29) is 30.4 Å². The second-order valence-corrected chi connectivity index (χ2v) is 13.0. The maximum atomic E-state index is 14.0. The molecule has 0 heterocycles. The summed E-state index contributed by atoms with van der Waals surface area (Å²) in [6.07, 6.45) is 1.78. The number of nitrogens with one attached hydrogen (secondary N) is 2. The van der Waals surface area contributed by atoms with Gasteiger partial charge in [-0.3, -0.25) is 9.59 Å². The lowest BCUT2D eigenvalue weighted by molar-refractivity contribution is -0.141. The first-order valence-electron chi connectivity index (χ1n) is 14.8. The Balaban J connectivity index is 2.38. The number of carbonyl (C=O) groups excluding carboxylic acids is 3. The summed E-state index contributed by atoms with van der Waals surface area (Å²) in [5, 5.41) is 6.31. The van der Waals surface area contributed by atoms with Crippen LogP contribution in [0.1, 0.15) is 67.9 Å². The molecule has 0 spiro atoms. The van der Waals surface area contributed by atoms with Crippen molar-refractivity contribution in [2.45, 2.75) is 85.9 Å². The molecular weight excluding hydrogens is 526 g/mol. The molecule has 7 nitrogen and oxygen atoms in total. The fourth-order valence-corrected chi connectivity index (χ4v) is 5.26. The van der Waals surface area contributed by atoms with Crippen molar-refractivity contribution in [2.24, 2.45) is 11.3 Å². The summed E-state index contributed by atoms with van der Waals surface area (Å²) in [6.45, 7) is 17.6. The number of nitrogens with zero attached hydrogens (tertiary/aromatic N) is 1. The lowest BCUT2D eigenvalue weighted by Crippen LogP contribution is -2.61. The molecule has 0 aromatic heterocycles. The van der Waals surface area contributed by atoms with Crippen LogP contribution in [0.3, 0.4) is 0 Å². The van der Waals surface area contributed by atoms with Crippen LogP contribution in [0.15, 0.2) is 66.2 Å². The molecular formula is C35H51N3O4. The average molecular weight is 578 g/mol. The molecule has 3 atom stereocenters. The summed E-state index contributed by atoms with van der Waals surface area (Å²) in [5.74, 6) is -0.851.